The van der Waals surface area contributed by atoms with E-state index in [2.05, 4.69) is 5.32 Å². The molecule has 5 heteroatoms. The second kappa shape index (κ2) is 9.40. The van der Waals surface area contributed by atoms with Crippen LogP contribution in [0.25, 0.3) is 0 Å². The first-order chi connectivity index (χ1) is 12.6. The van der Waals surface area contributed by atoms with Gasteiger partial charge in [0, 0.05) is 36.5 Å². The largest absolute Gasteiger partial charge is 0.356 e. The molecule has 0 radical (unpaired) electrons. The average Bonchev–Trinajstić information content (AvgIpc) is 2.68. The first-order valence-electron chi connectivity index (χ1n) is 9.94. The molecular weight excluding hydrogens is 348 g/mol. The van der Waals surface area contributed by atoms with Crippen molar-refractivity contribution in [2.24, 2.45) is 11.8 Å². The van der Waals surface area contributed by atoms with E-state index >= 15 is 0 Å². The smallest absolute Gasteiger partial charge is 0.225 e. The lowest BCUT2D eigenvalue weighted by Gasteiger charge is -2.33. The number of hydrogen-bond acceptors (Lipinski definition) is 2. The van der Waals surface area contributed by atoms with Gasteiger partial charge in [0.15, 0.2) is 0 Å². The van der Waals surface area contributed by atoms with Crippen LogP contribution in [0.5, 0.6) is 0 Å². The Balaban J connectivity index is 1.38. The van der Waals surface area contributed by atoms with Gasteiger partial charge < -0.3 is 10.2 Å². The lowest BCUT2D eigenvalue weighted by Crippen LogP contribution is -2.42. The van der Waals surface area contributed by atoms with E-state index in [9.17, 15) is 9.59 Å². The van der Waals surface area contributed by atoms with E-state index in [1.165, 1.54) is 6.42 Å². The third-order valence-corrected chi connectivity index (χ3v) is 5.95. The molecule has 1 heterocycles. The zero-order chi connectivity index (χ0) is 18.4. The van der Waals surface area contributed by atoms with E-state index in [0.717, 1.165) is 68.6 Å². The van der Waals surface area contributed by atoms with Crippen molar-refractivity contribution in [1.29, 1.82) is 0 Å². The second-order valence-corrected chi connectivity index (χ2v) is 8.04. The van der Waals surface area contributed by atoms with Crippen LogP contribution in [0.15, 0.2) is 24.3 Å². The van der Waals surface area contributed by atoms with Gasteiger partial charge in [0.25, 0.3) is 0 Å². The number of nitrogens with one attached hydrogen (secondary N) is 1. The predicted octanol–water partition coefficient (Wildman–Crippen LogP) is 3.82. The predicted molar refractivity (Wildman–Crippen MR) is 104 cm³/mol. The molecule has 0 aromatic heterocycles. The summed E-state index contributed by atoms with van der Waals surface area (Å²) in [6.45, 7) is 2.47. The topological polar surface area (TPSA) is 49.4 Å². The summed E-state index contributed by atoms with van der Waals surface area (Å²) in [7, 11) is 0. The summed E-state index contributed by atoms with van der Waals surface area (Å²) in [5, 5.41) is 3.78. The van der Waals surface area contributed by atoms with Gasteiger partial charge in [-0.05, 0) is 69.1 Å². The van der Waals surface area contributed by atoms with Crippen LogP contribution in [0.1, 0.15) is 50.5 Å². The molecule has 1 aliphatic carbocycles. The van der Waals surface area contributed by atoms with Gasteiger partial charge in [-0.2, -0.15) is 0 Å². The van der Waals surface area contributed by atoms with Crippen LogP contribution in [0.4, 0.5) is 0 Å². The van der Waals surface area contributed by atoms with E-state index in [4.69, 9.17) is 11.6 Å². The van der Waals surface area contributed by atoms with Crippen LogP contribution in [-0.2, 0) is 16.0 Å². The lowest BCUT2D eigenvalue weighted by atomic mass is 9.80. The number of carbonyl (C=O) groups excluding carboxylic acids is 2. The molecule has 2 aliphatic rings. The molecule has 1 saturated carbocycles. The van der Waals surface area contributed by atoms with Crippen LogP contribution < -0.4 is 5.32 Å². The van der Waals surface area contributed by atoms with E-state index < -0.39 is 0 Å². The molecule has 1 aromatic carbocycles. The van der Waals surface area contributed by atoms with Crippen molar-refractivity contribution in [3.8, 4) is 0 Å². The fraction of sp³-hybridized carbons (Fsp3) is 0.619. The number of hydrogen-bond donors (Lipinski definition) is 1. The molecule has 2 amide bonds. The minimum atomic E-state index is 0.0553. The van der Waals surface area contributed by atoms with Crippen molar-refractivity contribution in [3.63, 3.8) is 0 Å². The fourth-order valence-corrected chi connectivity index (χ4v) is 4.35. The molecule has 0 bridgehead atoms. The number of benzene rings is 1. The van der Waals surface area contributed by atoms with Crippen LogP contribution in [0.2, 0.25) is 5.02 Å². The summed E-state index contributed by atoms with van der Waals surface area (Å²) in [6.07, 6.45) is 7.65. The third-order valence-electron chi connectivity index (χ3n) is 5.72. The van der Waals surface area contributed by atoms with Gasteiger partial charge in [-0.25, -0.2) is 0 Å². The Bertz CT molecular complexity index is 620. The lowest BCUT2D eigenvalue weighted by molar-refractivity contribution is -0.139. The minimum absolute atomic E-state index is 0.0553. The van der Waals surface area contributed by atoms with Gasteiger partial charge in [0.1, 0.15) is 0 Å². The number of carbonyl (C=O) groups is 2. The number of nitrogens with zero attached hydrogens (tertiary/aromatic N) is 1. The summed E-state index contributed by atoms with van der Waals surface area (Å²) < 4.78 is 0. The highest BCUT2D eigenvalue weighted by atomic mass is 35.5. The molecule has 0 atom stereocenters. The quantitative estimate of drug-likeness (QED) is 0.849. The molecule has 1 saturated heterocycles. The summed E-state index contributed by atoms with van der Waals surface area (Å²) in [6, 6.07) is 7.74. The number of piperidine rings is 1. The monoisotopic (exact) mass is 376 g/mol. The van der Waals surface area contributed by atoms with Gasteiger partial charge in [-0.15, -0.1) is 0 Å². The van der Waals surface area contributed by atoms with E-state index in [1.54, 1.807) is 0 Å². The molecule has 0 unspecified atom stereocenters. The van der Waals surface area contributed by atoms with Crippen molar-refractivity contribution < 1.29 is 9.59 Å². The van der Waals surface area contributed by atoms with Crippen LogP contribution in [0, 0.1) is 11.8 Å². The van der Waals surface area contributed by atoms with Crippen molar-refractivity contribution in [2.45, 2.75) is 51.4 Å². The first-order valence-corrected chi connectivity index (χ1v) is 10.3. The third kappa shape index (κ3) is 5.23. The maximum Gasteiger partial charge on any atom is 0.225 e. The highest BCUT2D eigenvalue weighted by Gasteiger charge is 2.32. The second-order valence-electron chi connectivity index (χ2n) is 7.61. The molecule has 2 fully saturated rings. The van der Waals surface area contributed by atoms with Gasteiger partial charge >= 0.3 is 0 Å². The zero-order valence-electron chi connectivity index (χ0n) is 15.4. The van der Waals surface area contributed by atoms with Crippen molar-refractivity contribution in [1.82, 2.24) is 10.2 Å². The first kappa shape index (κ1) is 19.2. The number of rotatable bonds is 5. The highest BCUT2D eigenvalue weighted by molar-refractivity contribution is 6.30. The maximum absolute atomic E-state index is 12.6. The Morgan fingerprint density at radius 2 is 1.73 bits per heavy atom. The molecule has 1 aliphatic heterocycles. The number of amides is 2. The summed E-state index contributed by atoms with van der Waals surface area (Å²) >= 11 is 5.99. The Morgan fingerprint density at radius 3 is 2.42 bits per heavy atom. The standard InChI is InChI=1S/C21H29ClN2O2/c22-19-6-4-5-16(15-19)11-12-23-20(25)17-7-9-18(10-8-17)21(26)24-13-2-1-3-14-24/h4-6,15,17-18H,1-3,7-14H2,(H,23,25). The van der Waals surface area contributed by atoms with E-state index in [-0.39, 0.29) is 17.7 Å². The van der Waals surface area contributed by atoms with Gasteiger partial charge in [0.05, 0.1) is 0 Å². The average molecular weight is 377 g/mol. The Kier molecular flexibility index (Phi) is 6.95. The minimum Gasteiger partial charge on any atom is -0.356 e. The molecule has 4 nitrogen and oxygen atoms in total. The molecule has 1 N–H and O–H groups in total. The van der Waals surface area contributed by atoms with Crippen LogP contribution in [0.3, 0.4) is 0 Å². The number of likely N-dealkylation sites (tertiary alicyclic amines) is 1. The SMILES string of the molecule is O=C(NCCc1cccc(Cl)c1)C1CCC(C(=O)N2CCCCC2)CC1. The van der Waals surface area contributed by atoms with Gasteiger partial charge in [-0.1, -0.05) is 23.7 Å². The Labute approximate surface area is 161 Å². The van der Waals surface area contributed by atoms with Crippen LogP contribution >= 0.6 is 11.6 Å². The van der Waals surface area contributed by atoms with E-state index in [1.807, 2.05) is 29.2 Å². The van der Waals surface area contributed by atoms with Crippen molar-refractivity contribution >= 4 is 23.4 Å². The highest BCUT2D eigenvalue weighted by Crippen LogP contribution is 2.31. The fourth-order valence-electron chi connectivity index (χ4n) is 4.14. The van der Waals surface area contributed by atoms with E-state index in [0.29, 0.717) is 12.5 Å². The zero-order valence-corrected chi connectivity index (χ0v) is 16.1. The normalized spacial score (nSPS) is 23.5. The molecule has 3 rings (SSSR count). The van der Waals surface area contributed by atoms with Crippen molar-refractivity contribution in [2.75, 3.05) is 19.6 Å². The molecule has 142 valence electrons. The summed E-state index contributed by atoms with van der Waals surface area (Å²) in [4.78, 5) is 27.0. The molecular formula is C21H29ClN2O2. The summed E-state index contributed by atoms with van der Waals surface area (Å²) in [5.41, 5.74) is 1.13. The number of halogens is 1. The molecule has 26 heavy (non-hydrogen) atoms. The van der Waals surface area contributed by atoms with Gasteiger partial charge in [0.2, 0.25) is 11.8 Å². The maximum atomic E-state index is 12.6. The Hall–Kier alpha value is -1.55. The summed E-state index contributed by atoms with van der Waals surface area (Å²) in [5.74, 6) is 0.642. The van der Waals surface area contributed by atoms with Gasteiger partial charge in [-0.3, -0.25) is 9.59 Å². The molecule has 1 aromatic rings. The Morgan fingerprint density at radius 1 is 1.04 bits per heavy atom. The van der Waals surface area contributed by atoms with Crippen LogP contribution in [-0.4, -0.2) is 36.3 Å². The van der Waals surface area contributed by atoms with Crippen molar-refractivity contribution in [3.05, 3.63) is 34.9 Å². The molecule has 0 spiro atoms.